The standard InChI is InChI=1S/C13H16N2O/c1-9(2)15-12-6-4-5-10(3)11(12)7-14-8-13(15)16/h4-7,9H,8H2,1-3H3. The van der Waals surface area contributed by atoms with Gasteiger partial charge in [-0.1, -0.05) is 12.1 Å². The monoisotopic (exact) mass is 216 g/mol. The molecule has 0 unspecified atom stereocenters. The minimum atomic E-state index is 0.0654. The van der Waals surface area contributed by atoms with Crippen LogP contribution in [-0.2, 0) is 4.79 Å². The van der Waals surface area contributed by atoms with Gasteiger partial charge in [0.15, 0.2) is 0 Å². The Labute approximate surface area is 95.8 Å². The number of benzene rings is 1. The third kappa shape index (κ3) is 1.73. The highest BCUT2D eigenvalue weighted by molar-refractivity contribution is 6.04. The third-order valence-corrected chi connectivity index (χ3v) is 2.79. The molecule has 3 nitrogen and oxygen atoms in total. The molecule has 1 aliphatic heterocycles. The van der Waals surface area contributed by atoms with Crippen LogP contribution in [0.4, 0.5) is 5.69 Å². The first kappa shape index (κ1) is 10.9. The fourth-order valence-electron chi connectivity index (χ4n) is 2.03. The first-order valence-electron chi connectivity index (χ1n) is 5.52. The molecule has 1 aliphatic rings. The zero-order chi connectivity index (χ0) is 11.7. The number of hydrogen-bond donors (Lipinski definition) is 0. The maximum Gasteiger partial charge on any atom is 0.248 e. The second-order valence-corrected chi connectivity index (χ2v) is 4.33. The fourth-order valence-corrected chi connectivity index (χ4v) is 2.03. The summed E-state index contributed by atoms with van der Waals surface area (Å²) in [4.78, 5) is 17.9. The Hall–Kier alpha value is -1.64. The lowest BCUT2D eigenvalue weighted by molar-refractivity contribution is -0.117. The second kappa shape index (κ2) is 4.08. The molecule has 16 heavy (non-hydrogen) atoms. The summed E-state index contributed by atoms with van der Waals surface area (Å²) >= 11 is 0. The molecule has 3 heteroatoms. The zero-order valence-corrected chi connectivity index (χ0v) is 9.90. The predicted molar refractivity (Wildman–Crippen MR) is 66.3 cm³/mol. The van der Waals surface area contributed by atoms with Gasteiger partial charge < -0.3 is 4.90 Å². The molecule has 1 amide bonds. The van der Waals surface area contributed by atoms with E-state index in [1.54, 1.807) is 0 Å². The molecule has 0 N–H and O–H groups in total. The highest BCUT2D eigenvalue weighted by atomic mass is 16.2. The van der Waals surface area contributed by atoms with Gasteiger partial charge in [0.2, 0.25) is 5.91 Å². The van der Waals surface area contributed by atoms with Crippen LogP contribution in [0.3, 0.4) is 0 Å². The Morgan fingerprint density at radius 3 is 2.81 bits per heavy atom. The number of rotatable bonds is 1. The van der Waals surface area contributed by atoms with Crippen LogP contribution in [0, 0.1) is 6.92 Å². The lowest BCUT2D eigenvalue weighted by Gasteiger charge is -2.27. The van der Waals surface area contributed by atoms with Crippen LogP contribution in [-0.4, -0.2) is 24.7 Å². The van der Waals surface area contributed by atoms with E-state index < -0.39 is 0 Å². The molecular formula is C13H16N2O. The Morgan fingerprint density at radius 2 is 2.12 bits per heavy atom. The molecule has 1 heterocycles. The van der Waals surface area contributed by atoms with Crippen LogP contribution in [0.5, 0.6) is 0 Å². The van der Waals surface area contributed by atoms with E-state index >= 15 is 0 Å². The highest BCUT2D eigenvalue weighted by Crippen LogP contribution is 2.25. The first-order chi connectivity index (χ1) is 7.61. The number of aliphatic imine (C=N–C) groups is 1. The van der Waals surface area contributed by atoms with Crippen LogP contribution >= 0.6 is 0 Å². The van der Waals surface area contributed by atoms with Crippen LogP contribution in [0.25, 0.3) is 0 Å². The van der Waals surface area contributed by atoms with E-state index in [0.29, 0.717) is 0 Å². The molecule has 0 bridgehead atoms. The summed E-state index contributed by atoms with van der Waals surface area (Å²) in [5.74, 6) is 0.0654. The lowest BCUT2D eigenvalue weighted by atomic mass is 10.1. The van der Waals surface area contributed by atoms with Gasteiger partial charge >= 0.3 is 0 Å². The largest absolute Gasteiger partial charge is 0.308 e. The molecule has 0 aliphatic carbocycles. The van der Waals surface area contributed by atoms with Crippen molar-refractivity contribution in [1.82, 2.24) is 0 Å². The quantitative estimate of drug-likeness (QED) is 0.708. The number of hydrogen-bond acceptors (Lipinski definition) is 2. The van der Waals surface area contributed by atoms with Gasteiger partial charge in [0.1, 0.15) is 6.54 Å². The number of anilines is 1. The number of fused-ring (bicyclic) bond motifs is 1. The minimum Gasteiger partial charge on any atom is -0.308 e. The van der Waals surface area contributed by atoms with E-state index in [2.05, 4.69) is 4.99 Å². The van der Waals surface area contributed by atoms with Crippen LogP contribution in [0.1, 0.15) is 25.0 Å². The number of amides is 1. The maximum absolute atomic E-state index is 11.9. The van der Waals surface area contributed by atoms with Gasteiger partial charge in [-0.2, -0.15) is 0 Å². The Morgan fingerprint density at radius 1 is 1.38 bits per heavy atom. The van der Waals surface area contributed by atoms with Crippen molar-refractivity contribution in [2.75, 3.05) is 11.4 Å². The molecule has 0 aromatic heterocycles. The SMILES string of the molecule is Cc1cccc2c1C=NCC(=O)N2C(C)C. The van der Waals surface area contributed by atoms with Crippen molar-refractivity contribution in [3.63, 3.8) is 0 Å². The van der Waals surface area contributed by atoms with Crippen LogP contribution < -0.4 is 4.90 Å². The van der Waals surface area contributed by atoms with E-state index in [1.807, 2.05) is 50.1 Å². The maximum atomic E-state index is 11.9. The number of benzodiazepines with no additional fused rings is 1. The van der Waals surface area contributed by atoms with Gasteiger partial charge in [-0.25, -0.2) is 0 Å². The van der Waals surface area contributed by atoms with Crippen LogP contribution in [0.2, 0.25) is 0 Å². The van der Waals surface area contributed by atoms with Crippen molar-refractivity contribution in [3.8, 4) is 0 Å². The van der Waals surface area contributed by atoms with E-state index in [1.165, 1.54) is 0 Å². The van der Waals surface area contributed by atoms with Gasteiger partial charge in [-0.3, -0.25) is 9.79 Å². The van der Waals surface area contributed by atoms with Crippen molar-refractivity contribution in [3.05, 3.63) is 29.3 Å². The third-order valence-electron chi connectivity index (χ3n) is 2.79. The molecule has 0 fully saturated rings. The molecule has 0 saturated heterocycles. The average Bonchev–Trinajstić information content (AvgIpc) is 2.37. The normalized spacial score (nSPS) is 15.2. The van der Waals surface area contributed by atoms with Gasteiger partial charge in [-0.15, -0.1) is 0 Å². The first-order valence-corrected chi connectivity index (χ1v) is 5.52. The molecule has 2 rings (SSSR count). The number of nitrogens with zero attached hydrogens (tertiary/aromatic N) is 2. The van der Waals surface area contributed by atoms with Crippen molar-refractivity contribution in [1.29, 1.82) is 0 Å². The van der Waals surface area contributed by atoms with Gasteiger partial charge in [0.05, 0.1) is 5.69 Å². The van der Waals surface area contributed by atoms with Crippen molar-refractivity contribution < 1.29 is 4.79 Å². The van der Waals surface area contributed by atoms with E-state index in [-0.39, 0.29) is 18.5 Å². The molecule has 0 radical (unpaired) electrons. The zero-order valence-electron chi connectivity index (χ0n) is 9.90. The van der Waals surface area contributed by atoms with E-state index in [4.69, 9.17) is 0 Å². The Balaban J connectivity index is 2.60. The van der Waals surface area contributed by atoms with Gasteiger partial charge in [-0.05, 0) is 32.4 Å². The lowest BCUT2D eigenvalue weighted by Crippen LogP contribution is -2.38. The Bertz CT molecular complexity index is 449. The van der Waals surface area contributed by atoms with Crippen molar-refractivity contribution >= 4 is 17.8 Å². The van der Waals surface area contributed by atoms with Crippen molar-refractivity contribution in [2.24, 2.45) is 4.99 Å². The minimum absolute atomic E-state index is 0.0654. The predicted octanol–water partition coefficient (Wildman–Crippen LogP) is 2.17. The van der Waals surface area contributed by atoms with Gasteiger partial charge in [0, 0.05) is 17.8 Å². The van der Waals surface area contributed by atoms with Gasteiger partial charge in [0.25, 0.3) is 0 Å². The van der Waals surface area contributed by atoms with E-state index in [9.17, 15) is 4.79 Å². The molecular weight excluding hydrogens is 200 g/mol. The molecule has 84 valence electrons. The summed E-state index contributed by atoms with van der Waals surface area (Å²) in [7, 11) is 0. The second-order valence-electron chi connectivity index (χ2n) is 4.33. The number of carbonyl (C=O) groups excluding carboxylic acids is 1. The van der Waals surface area contributed by atoms with Crippen molar-refractivity contribution in [2.45, 2.75) is 26.8 Å². The highest BCUT2D eigenvalue weighted by Gasteiger charge is 2.23. The number of carbonyl (C=O) groups is 1. The summed E-state index contributed by atoms with van der Waals surface area (Å²) in [6, 6.07) is 6.17. The molecule has 0 spiro atoms. The average molecular weight is 216 g/mol. The molecule has 0 atom stereocenters. The summed E-state index contributed by atoms with van der Waals surface area (Å²) in [6.45, 7) is 6.33. The summed E-state index contributed by atoms with van der Waals surface area (Å²) in [5.41, 5.74) is 3.19. The summed E-state index contributed by atoms with van der Waals surface area (Å²) < 4.78 is 0. The fraction of sp³-hybridized carbons (Fsp3) is 0.385. The Kier molecular flexibility index (Phi) is 2.77. The summed E-state index contributed by atoms with van der Waals surface area (Å²) in [6.07, 6.45) is 1.81. The van der Waals surface area contributed by atoms with Crippen LogP contribution in [0.15, 0.2) is 23.2 Å². The van der Waals surface area contributed by atoms with E-state index in [0.717, 1.165) is 16.8 Å². The molecule has 0 saturated carbocycles. The molecule has 1 aromatic carbocycles. The number of aryl methyl sites for hydroxylation is 1. The summed E-state index contributed by atoms with van der Waals surface area (Å²) in [5, 5.41) is 0. The molecule has 1 aromatic rings. The smallest absolute Gasteiger partial charge is 0.248 e. The topological polar surface area (TPSA) is 32.7 Å².